The minimum Gasteiger partial charge on any atom is -0.376 e. The number of rotatable bonds is 5. The van der Waals surface area contributed by atoms with Crippen molar-refractivity contribution in [2.75, 3.05) is 13.7 Å². The van der Waals surface area contributed by atoms with Gasteiger partial charge in [0.2, 0.25) is 0 Å². The Morgan fingerprint density at radius 3 is 2.64 bits per heavy atom. The Morgan fingerprint density at radius 1 is 1.45 bits per heavy atom. The van der Waals surface area contributed by atoms with E-state index in [-0.39, 0.29) is 17.7 Å². The molecule has 1 saturated carbocycles. The van der Waals surface area contributed by atoms with Crippen molar-refractivity contribution >= 4 is 6.03 Å². The largest absolute Gasteiger partial charge is 0.435 e. The minimum absolute atomic E-state index is 0.0738. The molecule has 22 heavy (non-hydrogen) atoms. The van der Waals surface area contributed by atoms with Crippen molar-refractivity contribution in [3.05, 3.63) is 17.5 Å². The standard InChI is InChI=1S/C13H19F3N4O2/c1-20-7-9(10(19-20)13(14,15)16)6-17-11(21)18-8-12(22-2)4-3-5-12/h7H,3-6,8H2,1-2H3,(H2,17,18,21). The quantitative estimate of drug-likeness (QED) is 0.869. The lowest BCUT2D eigenvalue weighted by Gasteiger charge is -2.40. The molecule has 1 aromatic heterocycles. The van der Waals surface area contributed by atoms with Crippen LogP contribution in [0, 0.1) is 0 Å². The van der Waals surface area contributed by atoms with Crippen LogP contribution in [0.3, 0.4) is 0 Å². The van der Waals surface area contributed by atoms with Crippen molar-refractivity contribution in [1.82, 2.24) is 20.4 Å². The molecule has 0 atom stereocenters. The third-order valence-electron chi connectivity index (χ3n) is 3.88. The van der Waals surface area contributed by atoms with Crippen LogP contribution in [0.5, 0.6) is 0 Å². The number of ether oxygens (including phenoxy) is 1. The molecule has 0 aromatic carbocycles. The fourth-order valence-electron chi connectivity index (χ4n) is 2.41. The van der Waals surface area contributed by atoms with Crippen LogP contribution in [0.1, 0.15) is 30.5 Å². The van der Waals surface area contributed by atoms with Gasteiger partial charge in [-0.1, -0.05) is 0 Å². The Bertz CT molecular complexity index is 532. The number of methoxy groups -OCH3 is 1. The Hall–Kier alpha value is -1.77. The van der Waals surface area contributed by atoms with Gasteiger partial charge in [-0.15, -0.1) is 0 Å². The first-order valence-corrected chi connectivity index (χ1v) is 6.92. The molecule has 1 aromatic rings. The van der Waals surface area contributed by atoms with E-state index >= 15 is 0 Å². The molecule has 9 heteroatoms. The number of nitrogens with zero attached hydrogens (tertiary/aromatic N) is 2. The Kier molecular flexibility index (Phi) is 4.64. The summed E-state index contributed by atoms with van der Waals surface area (Å²) < 4.78 is 44.7. The molecule has 2 rings (SSSR count). The molecule has 0 radical (unpaired) electrons. The molecule has 1 fully saturated rings. The van der Waals surface area contributed by atoms with E-state index < -0.39 is 17.9 Å². The zero-order valence-electron chi connectivity index (χ0n) is 12.5. The normalized spacial score (nSPS) is 17.0. The fourth-order valence-corrected chi connectivity index (χ4v) is 2.41. The van der Waals surface area contributed by atoms with Crippen LogP contribution in [0.4, 0.5) is 18.0 Å². The second-order valence-corrected chi connectivity index (χ2v) is 5.45. The molecule has 2 amide bonds. The molecule has 0 bridgehead atoms. The number of halogens is 3. The van der Waals surface area contributed by atoms with Crippen LogP contribution in [0.2, 0.25) is 0 Å². The summed E-state index contributed by atoms with van der Waals surface area (Å²) in [6, 6.07) is -0.527. The van der Waals surface area contributed by atoms with E-state index in [1.165, 1.54) is 13.2 Å². The number of hydrogen-bond acceptors (Lipinski definition) is 3. The number of hydrogen-bond donors (Lipinski definition) is 2. The van der Waals surface area contributed by atoms with E-state index in [1.54, 1.807) is 7.11 Å². The Balaban J connectivity index is 1.86. The minimum atomic E-state index is -4.54. The second-order valence-electron chi connectivity index (χ2n) is 5.45. The topological polar surface area (TPSA) is 68.2 Å². The summed E-state index contributed by atoms with van der Waals surface area (Å²) in [7, 11) is 2.99. The third kappa shape index (κ3) is 3.70. The average Bonchev–Trinajstić information content (AvgIpc) is 2.77. The smallest absolute Gasteiger partial charge is 0.376 e. The van der Waals surface area contributed by atoms with Gasteiger partial charge in [0.25, 0.3) is 0 Å². The first-order chi connectivity index (χ1) is 10.3. The van der Waals surface area contributed by atoms with Crippen molar-refractivity contribution in [3.63, 3.8) is 0 Å². The Morgan fingerprint density at radius 2 is 2.14 bits per heavy atom. The van der Waals surface area contributed by atoms with Gasteiger partial charge in [0.15, 0.2) is 5.69 Å². The highest BCUT2D eigenvalue weighted by molar-refractivity contribution is 5.73. The van der Waals surface area contributed by atoms with Crippen LogP contribution in [-0.4, -0.2) is 35.1 Å². The van der Waals surface area contributed by atoms with E-state index in [4.69, 9.17) is 4.74 Å². The summed E-state index contributed by atoms with van der Waals surface area (Å²) in [6.45, 7) is 0.100. The molecule has 124 valence electrons. The molecule has 0 unspecified atom stereocenters. The lowest BCUT2D eigenvalue weighted by molar-refractivity contribution is -0.142. The highest BCUT2D eigenvalue weighted by Crippen LogP contribution is 2.34. The SMILES string of the molecule is COC1(CNC(=O)NCc2cn(C)nc2C(F)(F)F)CCC1. The Labute approximate surface area is 126 Å². The highest BCUT2D eigenvalue weighted by atomic mass is 19.4. The molecule has 0 spiro atoms. The third-order valence-corrected chi connectivity index (χ3v) is 3.88. The molecular weight excluding hydrogens is 301 g/mol. The molecule has 1 aliphatic carbocycles. The maximum absolute atomic E-state index is 12.8. The maximum Gasteiger partial charge on any atom is 0.435 e. The van der Waals surface area contributed by atoms with Crippen molar-refractivity contribution in [2.45, 2.75) is 37.6 Å². The van der Waals surface area contributed by atoms with Gasteiger partial charge >= 0.3 is 12.2 Å². The van der Waals surface area contributed by atoms with Gasteiger partial charge in [-0.25, -0.2) is 4.79 Å². The zero-order chi connectivity index (χ0) is 16.4. The molecule has 1 heterocycles. The maximum atomic E-state index is 12.8. The van der Waals surface area contributed by atoms with Gasteiger partial charge in [0, 0.05) is 39.0 Å². The van der Waals surface area contributed by atoms with Gasteiger partial charge < -0.3 is 15.4 Å². The van der Waals surface area contributed by atoms with Crippen molar-refractivity contribution in [2.24, 2.45) is 7.05 Å². The van der Waals surface area contributed by atoms with E-state index in [0.29, 0.717) is 6.54 Å². The van der Waals surface area contributed by atoms with Gasteiger partial charge in [-0.2, -0.15) is 18.3 Å². The summed E-state index contributed by atoms with van der Waals surface area (Å²) in [5, 5.41) is 8.42. The highest BCUT2D eigenvalue weighted by Gasteiger charge is 2.38. The monoisotopic (exact) mass is 320 g/mol. The fraction of sp³-hybridized carbons (Fsp3) is 0.692. The second kappa shape index (κ2) is 6.15. The van der Waals surface area contributed by atoms with Crippen molar-refractivity contribution in [1.29, 1.82) is 0 Å². The van der Waals surface area contributed by atoms with Crippen LogP contribution in [0.15, 0.2) is 6.20 Å². The zero-order valence-corrected chi connectivity index (χ0v) is 12.5. The first kappa shape index (κ1) is 16.6. The number of alkyl halides is 3. The number of aromatic nitrogens is 2. The molecular formula is C13H19F3N4O2. The van der Waals surface area contributed by atoms with Gasteiger partial charge in [0.1, 0.15) is 0 Å². The average molecular weight is 320 g/mol. The molecule has 6 nitrogen and oxygen atoms in total. The van der Waals surface area contributed by atoms with E-state index in [1.807, 2.05) is 0 Å². The summed E-state index contributed by atoms with van der Waals surface area (Å²) in [5.41, 5.74) is -1.39. The number of nitrogens with one attached hydrogen (secondary N) is 2. The van der Waals surface area contributed by atoms with Crippen LogP contribution in [-0.2, 0) is 24.5 Å². The summed E-state index contributed by atoms with van der Waals surface area (Å²) in [5.74, 6) is 0. The molecule has 2 N–H and O–H groups in total. The lowest BCUT2D eigenvalue weighted by atomic mass is 9.80. The summed E-state index contributed by atoms with van der Waals surface area (Å²) >= 11 is 0. The van der Waals surface area contributed by atoms with Crippen LogP contribution < -0.4 is 10.6 Å². The predicted molar refractivity (Wildman–Crippen MR) is 72.0 cm³/mol. The number of aryl methyl sites for hydroxylation is 1. The number of urea groups is 1. The van der Waals surface area contributed by atoms with Crippen LogP contribution >= 0.6 is 0 Å². The number of carbonyl (C=O) groups is 1. The van der Waals surface area contributed by atoms with Crippen molar-refractivity contribution in [3.8, 4) is 0 Å². The molecule has 0 aliphatic heterocycles. The van der Waals surface area contributed by atoms with E-state index in [0.717, 1.165) is 23.9 Å². The summed E-state index contributed by atoms with van der Waals surface area (Å²) in [4.78, 5) is 11.7. The van der Waals surface area contributed by atoms with Crippen molar-refractivity contribution < 1.29 is 22.7 Å². The summed E-state index contributed by atoms with van der Waals surface area (Å²) in [6.07, 6.45) is -0.524. The first-order valence-electron chi connectivity index (χ1n) is 6.92. The molecule has 0 saturated heterocycles. The predicted octanol–water partition coefficient (Wildman–Crippen LogP) is 1.81. The van der Waals surface area contributed by atoms with Gasteiger partial charge in [-0.05, 0) is 19.3 Å². The van der Waals surface area contributed by atoms with Gasteiger partial charge in [-0.3, -0.25) is 4.68 Å². The van der Waals surface area contributed by atoms with E-state index in [9.17, 15) is 18.0 Å². The van der Waals surface area contributed by atoms with Crippen LogP contribution in [0.25, 0.3) is 0 Å². The van der Waals surface area contributed by atoms with E-state index in [2.05, 4.69) is 15.7 Å². The lowest BCUT2D eigenvalue weighted by Crippen LogP contribution is -2.51. The molecule has 1 aliphatic rings. The number of carbonyl (C=O) groups excluding carboxylic acids is 1. The van der Waals surface area contributed by atoms with Gasteiger partial charge in [0.05, 0.1) is 5.60 Å². The number of amides is 2.